The molecule has 2 aromatic rings. The summed E-state index contributed by atoms with van der Waals surface area (Å²) in [5, 5.41) is 0. The SMILES string of the molecule is CCc1ccc(OCc2nccn2CC)cc1. The molecule has 0 fully saturated rings. The van der Waals surface area contributed by atoms with Gasteiger partial charge in [0.15, 0.2) is 0 Å². The second-order valence-corrected chi connectivity index (χ2v) is 3.92. The molecule has 2 rings (SSSR count). The van der Waals surface area contributed by atoms with Gasteiger partial charge in [-0.15, -0.1) is 0 Å². The third kappa shape index (κ3) is 2.87. The molecule has 17 heavy (non-hydrogen) atoms. The molecule has 0 atom stereocenters. The van der Waals surface area contributed by atoms with E-state index >= 15 is 0 Å². The number of ether oxygens (including phenoxy) is 1. The molecule has 0 spiro atoms. The van der Waals surface area contributed by atoms with Crippen molar-refractivity contribution in [3.05, 3.63) is 48.0 Å². The Morgan fingerprint density at radius 3 is 2.59 bits per heavy atom. The molecule has 0 radical (unpaired) electrons. The molecule has 0 amide bonds. The Morgan fingerprint density at radius 1 is 1.18 bits per heavy atom. The Bertz CT molecular complexity index is 459. The van der Waals surface area contributed by atoms with E-state index in [1.807, 2.05) is 24.5 Å². The summed E-state index contributed by atoms with van der Waals surface area (Å²) in [5.41, 5.74) is 1.33. The zero-order chi connectivity index (χ0) is 12.1. The summed E-state index contributed by atoms with van der Waals surface area (Å²) >= 11 is 0. The topological polar surface area (TPSA) is 27.1 Å². The van der Waals surface area contributed by atoms with Crippen molar-refractivity contribution in [2.45, 2.75) is 33.4 Å². The fourth-order valence-electron chi connectivity index (χ4n) is 1.74. The molecular formula is C14H18N2O. The first-order valence-electron chi connectivity index (χ1n) is 6.05. The molecule has 0 saturated carbocycles. The Balaban J connectivity index is 1.97. The predicted molar refractivity (Wildman–Crippen MR) is 68.1 cm³/mol. The van der Waals surface area contributed by atoms with Crippen LogP contribution < -0.4 is 4.74 Å². The lowest BCUT2D eigenvalue weighted by atomic mass is 10.2. The molecule has 1 aromatic heterocycles. The van der Waals surface area contributed by atoms with E-state index in [1.54, 1.807) is 0 Å². The minimum absolute atomic E-state index is 0.520. The van der Waals surface area contributed by atoms with Crippen LogP contribution in [0.1, 0.15) is 25.2 Å². The maximum Gasteiger partial charge on any atom is 0.146 e. The average Bonchev–Trinajstić information content (AvgIpc) is 2.84. The van der Waals surface area contributed by atoms with Crippen molar-refractivity contribution in [2.75, 3.05) is 0 Å². The number of imidazole rings is 1. The number of rotatable bonds is 5. The van der Waals surface area contributed by atoms with Crippen LogP contribution in [0.2, 0.25) is 0 Å². The molecule has 1 aromatic carbocycles. The highest BCUT2D eigenvalue weighted by molar-refractivity contribution is 5.27. The lowest BCUT2D eigenvalue weighted by molar-refractivity contribution is 0.290. The number of benzene rings is 1. The number of hydrogen-bond acceptors (Lipinski definition) is 2. The highest BCUT2D eigenvalue weighted by Gasteiger charge is 2.02. The van der Waals surface area contributed by atoms with E-state index in [2.05, 4.69) is 35.5 Å². The van der Waals surface area contributed by atoms with Crippen molar-refractivity contribution < 1.29 is 4.74 Å². The van der Waals surface area contributed by atoms with Gasteiger partial charge < -0.3 is 9.30 Å². The van der Waals surface area contributed by atoms with Gasteiger partial charge >= 0.3 is 0 Å². The van der Waals surface area contributed by atoms with E-state index in [0.717, 1.165) is 24.5 Å². The number of aromatic nitrogens is 2. The Hall–Kier alpha value is -1.77. The second-order valence-electron chi connectivity index (χ2n) is 3.92. The molecule has 0 saturated heterocycles. The molecule has 3 nitrogen and oxygen atoms in total. The normalized spacial score (nSPS) is 10.5. The monoisotopic (exact) mass is 230 g/mol. The fraction of sp³-hybridized carbons (Fsp3) is 0.357. The van der Waals surface area contributed by atoms with Crippen molar-refractivity contribution in [2.24, 2.45) is 0 Å². The van der Waals surface area contributed by atoms with Crippen LogP contribution in [-0.4, -0.2) is 9.55 Å². The average molecular weight is 230 g/mol. The summed E-state index contributed by atoms with van der Waals surface area (Å²) in [4.78, 5) is 4.27. The summed E-state index contributed by atoms with van der Waals surface area (Å²) in [6.07, 6.45) is 4.84. The quantitative estimate of drug-likeness (QED) is 0.789. The maximum absolute atomic E-state index is 5.71. The third-order valence-corrected chi connectivity index (χ3v) is 2.84. The molecule has 1 heterocycles. The summed E-state index contributed by atoms with van der Waals surface area (Å²) in [6.45, 7) is 5.69. The molecule has 0 N–H and O–H groups in total. The lowest BCUT2D eigenvalue weighted by Crippen LogP contribution is -2.05. The van der Waals surface area contributed by atoms with E-state index < -0.39 is 0 Å². The van der Waals surface area contributed by atoms with E-state index in [1.165, 1.54) is 5.56 Å². The van der Waals surface area contributed by atoms with E-state index in [9.17, 15) is 0 Å². The summed E-state index contributed by atoms with van der Waals surface area (Å²) < 4.78 is 7.79. The number of aryl methyl sites for hydroxylation is 2. The van der Waals surface area contributed by atoms with Crippen LogP contribution in [0.25, 0.3) is 0 Å². The molecule has 0 bridgehead atoms. The van der Waals surface area contributed by atoms with Crippen molar-refractivity contribution in [1.82, 2.24) is 9.55 Å². The zero-order valence-corrected chi connectivity index (χ0v) is 10.4. The highest BCUT2D eigenvalue weighted by atomic mass is 16.5. The van der Waals surface area contributed by atoms with Crippen molar-refractivity contribution in [3.63, 3.8) is 0 Å². The summed E-state index contributed by atoms with van der Waals surface area (Å²) in [7, 11) is 0. The largest absolute Gasteiger partial charge is 0.486 e. The predicted octanol–water partition coefficient (Wildman–Crippen LogP) is 3.04. The van der Waals surface area contributed by atoms with Gasteiger partial charge in [0.05, 0.1) is 0 Å². The molecule has 0 aliphatic heterocycles. The second kappa shape index (κ2) is 5.53. The van der Waals surface area contributed by atoms with Crippen LogP contribution in [-0.2, 0) is 19.6 Å². The first-order chi connectivity index (χ1) is 8.33. The highest BCUT2D eigenvalue weighted by Crippen LogP contribution is 2.14. The van der Waals surface area contributed by atoms with E-state index in [4.69, 9.17) is 4.74 Å². The Labute approximate surface area is 102 Å². The van der Waals surface area contributed by atoms with Gasteiger partial charge in [-0.2, -0.15) is 0 Å². The number of nitrogens with zero attached hydrogens (tertiary/aromatic N) is 2. The van der Waals surface area contributed by atoms with Crippen LogP contribution in [0.5, 0.6) is 5.75 Å². The van der Waals surface area contributed by atoms with Gasteiger partial charge in [-0.25, -0.2) is 4.98 Å². The first kappa shape index (κ1) is 11.7. The lowest BCUT2D eigenvalue weighted by Gasteiger charge is -2.08. The molecule has 3 heteroatoms. The van der Waals surface area contributed by atoms with Gasteiger partial charge in [0.25, 0.3) is 0 Å². The minimum Gasteiger partial charge on any atom is -0.486 e. The molecule has 0 aliphatic carbocycles. The molecule has 90 valence electrons. The van der Waals surface area contributed by atoms with Gasteiger partial charge in [-0.3, -0.25) is 0 Å². The minimum atomic E-state index is 0.520. The van der Waals surface area contributed by atoms with Gasteiger partial charge in [0.1, 0.15) is 18.2 Å². The van der Waals surface area contributed by atoms with Crippen LogP contribution in [0.3, 0.4) is 0 Å². The molecular weight excluding hydrogens is 212 g/mol. The third-order valence-electron chi connectivity index (χ3n) is 2.84. The molecule has 0 aliphatic rings. The summed E-state index contributed by atoms with van der Waals surface area (Å²) in [6, 6.07) is 8.22. The standard InChI is InChI=1S/C14H18N2O/c1-3-12-5-7-13(8-6-12)17-11-14-15-9-10-16(14)4-2/h5-10H,3-4,11H2,1-2H3. The number of hydrogen-bond donors (Lipinski definition) is 0. The van der Waals surface area contributed by atoms with Crippen LogP contribution in [0.15, 0.2) is 36.7 Å². The first-order valence-corrected chi connectivity index (χ1v) is 6.05. The maximum atomic E-state index is 5.71. The van der Waals surface area contributed by atoms with Gasteiger partial charge in [0, 0.05) is 18.9 Å². The smallest absolute Gasteiger partial charge is 0.146 e. The van der Waals surface area contributed by atoms with Gasteiger partial charge in [-0.1, -0.05) is 19.1 Å². The Morgan fingerprint density at radius 2 is 1.94 bits per heavy atom. The van der Waals surface area contributed by atoms with Crippen molar-refractivity contribution in [1.29, 1.82) is 0 Å². The van der Waals surface area contributed by atoms with Crippen molar-refractivity contribution >= 4 is 0 Å². The molecule has 0 unspecified atom stereocenters. The summed E-state index contributed by atoms with van der Waals surface area (Å²) in [5.74, 6) is 1.86. The van der Waals surface area contributed by atoms with Crippen LogP contribution in [0.4, 0.5) is 0 Å². The van der Waals surface area contributed by atoms with E-state index in [0.29, 0.717) is 6.61 Å². The van der Waals surface area contributed by atoms with Gasteiger partial charge in [-0.05, 0) is 31.0 Å². The Kier molecular flexibility index (Phi) is 3.81. The van der Waals surface area contributed by atoms with Crippen LogP contribution in [0, 0.1) is 0 Å². The van der Waals surface area contributed by atoms with Crippen molar-refractivity contribution in [3.8, 4) is 5.75 Å². The fourth-order valence-corrected chi connectivity index (χ4v) is 1.74. The van der Waals surface area contributed by atoms with Crippen LogP contribution >= 0.6 is 0 Å². The zero-order valence-electron chi connectivity index (χ0n) is 10.4. The van der Waals surface area contributed by atoms with Gasteiger partial charge in [0.2, 0.25) is 0 Å². The van der Waals surface area contributed by atoms with E-state index in [-0.39, 0.29) is 0 Å².